The van der Waals surface area contributed by atoms with Crippen molar-refractivity contribution >= 4 is 0 Å². The van der Waals surface area contributed by atoms with Gasteiger partial charge in [0.25, 0.3) is 0 Å². The number of allylic oxidation sites excluding steroid dienone is 1. The Morgan fingerprint density at radius 2 is 0.808 bits per heavy atom. The van der Waals surface area contributed by atoms with Crippen molar-refractivity contribution in [2.24, 2.45) is 11.8 Å². The highest BCUT2D eigenvalue weighted by Crippen LogP contribution is 2.07. The summed E-state index contributed by atoms with van der Waals surface area (Å²) in [7, 11) is 0. The second kappa shape index (κ2) is 85.9. The van der Waals surface area contributed by atoms with Gasteiger partial charge in [0.15, 0.2) is 0 Å². The molecule has 0 heterocycles. The van der Waals surface area contributed by atoms with E-state index in [1.54, 1.807) is 0 Å². The van der Waals surface area contributed by atoms with Crippen LogP contribution in [-0.4, -0.2) is 0 Å². The molecule has 0 amide bonds. The van der Waals surface area contributed by atoms with E-state index in [1.807, 2.05) is 69.2 Å². The lowest BCUT2D eigenvalue weighted by molar-refractivity contribution is 0.585. The third-order valence-electron chi connectivity index (χ3n) is 1.65. The number of unbranched alkanes of at least 4 members (excludes halogenated alkanes) is 1. The molecule has 0 radical (unpaired) electrons. The second-order valence-electron chi connectivity index (χ2n) is 5.62. The Morgan fingerprint density at radius 3 is 0.846 bits per heavy atom. The normalized spacial score (nSPS) is 6.77. The molecule has 0 fully saturated rings. The monoisotopic (exact) mass is 379 g/mol. The van der Waals surface area contributed by atoms with E-state index in [-0.39, 0.29) is 0 Å². The minimum absolute atomic E-state index is 0.826. The summed E-state index contributed by atoms with van der Waals surface area (Å²) in [5.74, 6) is 1.66. The molecule has 0 saturated carbocycles. The Balaban J connectivity index is -0.0000000261. The van der Waals surface area contributed by atoms with Crippen molar-refractivity contribution < 1.29 is 0 Å². The van der Waals surface area contributed by atoms with Crippen molar-refractivity contribution in [3.05, 3.63) is 12.2 Å². The topological polar surface area (TPSA) is 0 Å². The van der Waals surface area contributed by atoms with Crippen molar-refractivity contribution in [3.8, 4) is 0 Å². The predicted molar refractivity (Wildman–Crippen MR) is 137 cm³/mol. The van der Waals surface area contributed by atoms with E-state index in [0.29, 0.717) is 0 Å². The Labute approximate surface area is 174 Å². The van der Waals surface area contributed by atoms with Crippen LogP contribution in [0.4, 0.5) is 0 Å². The molecule has 0 bridgehead atoms. The van der Waals surface area contributed by atoms with Crippen molar-refractivity contribution in [2.45, 2.75) is 150 Å². The van der Waals surface area contributed by atoms with Crippen LogP contribution >= 0.6 is 0 Å². The van der Waals surface area contributed by atoms with E-state index in [4.69, 9.17) is 0 Å². The van der Waals surface area contributed by atoms with E-state index in [0.717, 1.165) is 11.8 Å². The molecular weight excluding hydrogens is 312 g/mol. The minimum atomic E-state index is 0.826. The molecule has 0 unspecified atom stereocenters. The van der Waals surface area contributed by atoms with E-state index < -0.39 is 0 Å². The van der Waals surface area contributed by atoms with Gasteiger partial charge in [0.2, 0.25) is 0 Å². The van der Waals surface area contributed by atoms with Gasteiger partial charge in [-0.05, 0) is 31.6 Å². The third-order valence-corrected chi connectivity index (χ3v) is 1.65. The predicted octanol–water partition coefficient (Wildman–Crippen LogP) is 11.6. The van der Waals surface area contributed by atoms with Crippen LogP contribution in [0.15, 0.2) is 12.2 Å². The largest absolute Gasteiger partial charge is 0.100 e. The van der Waals surface area contributed by atoms with Crippen LogP contribution < -0.4 is 0 Å². The van der Waals surface area contributed by atoms with Gasteiger partial charge < -0.3 is 0 Å². The molecule has 0 aliphatic rings. The Morgan fingerprint density at radius 1 is 0.615 bits per heavy atom. The van der Waals surface area contributed by atoms with Gasteiger partial charge in [0.1, 0.15) is 0 Å². The second-order valence-corrected chi connectivity index (χ2v) is 5.62. The van der Waals surface area contributed by atoms with Crippen molar-refractivity contribution in [1.82, 2.24) is 0 Å². The summed E-state index contributed by atoms with van der Waals surface area (Å²) in [4.78, 5) is 0. The first-order chi connectivity index (χ1) is 12.3. The van der Waals surface area contributed by atoms with Crippen LogP contribution in [0.2, 0.25) is 0 Å². The maximum absolute atomic E-state index is 3.83. The van der Waals surface area contributed by atoms with Crippen LogP contribution in [0.3, 0.4) is 0 Å². The fourth-order valence-electron chi connectivity index (χ4n) is 0.535. The lowest BCUT2D eigenvalue weighted by Crippen LogP contribution is -1.85. The van der Waals surface area contributed by atoms with Crippen LogP contribution in [-0.2, 0) is 0 Å². The highest BCUT2D eigenvalue weighted by Gasteiger charge is 1.91. The number of hydrogen-bond acceptors (Lipinski definition) is 0. The summed E-state index contributed by atoms with van der Waals surface area (Å²) in [6.07, 6.45) is 5.12. The van der Waals surface area contributed by atoms with Crippen molar-refractivity contribution in [1.29, 1.82) is 0 Å². The first-order valence-corrected chi connectivity index (χ1v) is 11.9. The van der Waals surface area contributed by atoms with Gasteiger partial charge in [0.05, 0.1) is 0 Å². The summed E-state index contributed by atoms with van der Waals surface area (Å²) in [6.45, 7) is 41.3. The zero-order valence-electron chi connectivity index (χ0n) is 23.2. The fourth-order valence-corrected chi connectivity index (χ4v) is 0.535. The highest BCUT2D eigenvalue weighted by molar-refractivity contribution is 4.87. The summed E-state index contributed by atoms with van der Waals surface area (Å²) in [6, 6.07) is 0. The van der Waals surface area contributed by atoms with Gasteiger partial charge in [-0.3, -0.25) is 0 Å². The molecule has 0 aromatic heterocycles. The molecule has 0 saturated heterocycles. The summed E-state index contributed by atoms with van der Waals surface area (Å²) in [5.41, 5.74) is 1.30. The average molecular weight is 379 g/mol. The quantitative estimate of drug-likeness (QED) is 0.426. The molecule has 0 aliphatic carbocycles. The van der Waals surface area contributed by atoms with E-state index >= 15 is 0 Å². The SMILES string of the molecule is C=C(C)CCC(C)C.CC.CC.CC.CC.CC.CC(C)C.CCCC. The first-order valence-electron chi connectivity index (χ1n) is 11.9. The minimum Gasteiger partial charge on any atom is -0.100 e. The lowest BCUT2D eigenvalue weighted by atomic mass is 10.1. The lowest BCUT2D eigenvalue weighted by Gasteiger charge is -2.01. The standard InChI is InChI=1S/C8H16.2C4H10.5C2H6/c1-7(2)5-6-8(3)4;1-4(2)3;1-3-4-2;5*1-2/h8H,1,5-6H2,2-4H3;4H,1-3H3;3-4H2,1-2H3;5*1-2H3. The van der Waals surface area contributed by atoms with Crippen molar-refractivity contribution in [2.75, 3.05) is 0 Å². The van der Waals surface area contributed by atoms with Crippen LogP contribution in [0, 0.1) is 11.8 Å². The Hall–Kier alpha value is -0.260. The van der Waals surface area contributed by atoms with E-state index in [2.05, 4.69) is 62.0 Å². The molecule has 0 spiro atoms. The molecule has 0 aromatic carbocycles. The van der Waals surface area contributed by atoms with Gasteiger partial charge >= 0.3 is 0 Å². The van der Waals surface area contributed by atoms with Crippen LogP contribution in [0.1, 0.15) is 150 Å². The molecular formula is C26H66. The zero-order chi connectivity index (χ0) is 23.6. The molecule has 0 aliphatic heterocycles. The van der Waals surface area contributed by atoms with Gasteiger partial charge in [-0.2, -0.15) is 0 Å². The summed E-state index contributed by atoms with van der Waals surface area (Å²) < 4.78 is 0. The van der Waals surface area contributed by atoms with Gasteiger partial charge in [0, 0.05) is 0 Å². The maximum Gasteiger partial charge on any atom is -0.0323 e. The molecule has 0 atom stereocenters. The Kier molecular flexibility index (Phi) is 165. The van der Waals surface area contributed by atoms with Gasteiger partial charge in [-0.1, -0.05) is 136 Å². The fraction of sp³-hybridized carbons (Fsp3) is 0.923. The molecule has 26 heavy (non-hydrogen) atoms. The van der Waals surface area contributed by atoms with Gasteiger partial charge in [-0.25, -0.2) is 0 Å². The molecule has 0 heteroatoms. The smallest absolute Gasteiger partial charge is 0.0323 e. The molecule has 0 nitrogen and oxygen atoms in total. The molecule has 0 rings (SSSR count). The first kappa shape index (κ1) is 50.1. The van der Waals surface area contributed by atoms with E-state index in [1.165, 1.54) is 31.3 Å². The summed E-state index contributed by atoms with van der Waals surface area (Å²) in [5, 5.41) is 0. The zero-order valence-corrected chi connectivity index (χ0v) is 23.2. The number of hydrogen-bond donors (Lipinski definition) is 0. The van der Waals surface area contributed by atoms with Gasteiger partial charge in [-0.15, -0.1) is 6.58 Å². The third kappa shape index (κ3) is 373. The van der Waals surface area contributed by atoms with Crippen LogP contribution in [0.25, 0.3) is 0 Å². The Bertz CT molecular complexity index is 115. The van der Waals surface area contributed by atoms with Crippen LogP contribution in [0.5, 0.6) is 0 Å². The number of rotatable bonds is 4. The molecule has 0 aromatic rings. The van der Waals surface area contributed by atoms with Crippen molar-refractivity contribution in [3.63, 3.8) is 0 Å². The van der Waals surface area contributed by atoms with E-state index in [9.17, 15) is 0 Å². The molecule has 170 valence electrons. The highest BCUT2D eigenvalue weighted by atomic mass is 14.0. The summed E-state index contributed by atoms with van der Waals surface area (Å²) >= 11 is 0. The average Bonchev–Trinajstić information content (AvgIpc) is 2.68. The maximum atomic E-state index is 3.83. The molecule has 0 N–H and O–H groups in total.